The number of carbonyl (C=O) groups excluding carboxylic acids is 1. The van der Waals surface area contributed by atoms with Crippen molar-refractivity contribution in [2.75, 3.05) is 0 Å². The van der Waals surface area contributed by atoms with Crippen molar-refractivity contribution >= 4 is 17.7 Å². The maximum atomic E-state index is 13.4. The standard InChI is InChI=1S/C26H17F2N2O5.C2HF2O.Rf/c27-26(28)35-25(21-13-11-19(15-23(21)29(31)32)17-7-3-1-4-8-17)22-14-12-20(16-24(22)30(33)34)18-9-5-2-6-10-18;3-2(4)1-5;/h1-16,25H;1H;/q2*-1;. The van der Waals surface area contributed by atoms with Gasteiger partial charge in [0.05, 0.1) is 27.1 Å². The van der Waals surface area contributed by atoms with E-state index in [0.29, 0.717) is 22.3 Å². The topological polar surface area (TPSA) is 113 Å². The van der Waals surface area contributed by atoms with Crippen molar-refractivity contribution in [1.82, 2.24) is 0 Å². The van der Waals surface area contributed by atoms with Gasteiger partial charge in [0.15, 0.2) is 0 Å². The number of rotatable bonds is 9. The van der Waals surface area contributed by atoms with Gasteiger partial charge >= 0.3 is 0 Å². The molecule has 4 aromatic carbocycles. The van der Waals surface area contributed by atoms with Gasteiger partial charge in [-0.2, -0.15) is 0 Å². The number of nitrogens with zero attached hydrogens (tertiary/aromatic N) is 2. The van der Waals surface area contributed by atoms with E-state index in [-0.39, 0.29) is 11.1 Å². The minimum Gasteiger partial charge on any atom is -0.479 e. The first-order chi connectivity index (χ1) is 19.1. The molecule has 0 heterocycles. The molecule has 0 N–H and O–H groups in total. The average molecular weight is 821 g/mol. The van der Waals surface area contributed by atoms with Crippen LogP contribution in [0.5, 0.6) is 0 Å². The van der Waals surface area contributed by atoms with Crippen LogP contribution >= 0.6 is 0 Å². The molecule has 0 aliphatic heterocycles. The summed E-state index contributed by atoms with van der Waals surface area (Å²) in [6.07, 6.45) is -4.46. The molecule has 13 heteroatoms. The first-order valence-corrected chi connectivity index (χ1v) is 11.3. The Labute approximate surface area is 224 Å². The van der Waals surface area contributed by atoms with E-state index in [4.69, 9.17) is 4.79 Å². The van der Waals surface area contributed by atoms with E-state index < -0.39 is 46.6 Å². The molecule has 0 amide bonds. The molecular weight excluding hydrogens is 803 g/mol. The van der Waals surface area contributed by atoms with Crippen molar-refractivity contribution in [3.63, 3.8) is 0 Å². The van der Waals surface area contributed by atoms with Crippen molar-refractivity contribution < 1.29 is 36.9 Å². The van der Waals surface area contributed by atoms with E-state index in [9.17, 15) is 37.8 Å². The number of nitro groups is 2. The van der Waals surface area contributed by atoms with Crippen LogP contribution in [0, 0.1) is 33.3 Å². The maximum absolute atomic E-state index is 13.4. The molecule has 208 valence electrons. The van der Waals surface area contributed by atoms with Gasteiger partial charge in [0.25, 0.3) is 11.4 Å². The Hall–Kier alpha value is -6.10. The molecule has 4 aromatic rings. The minimum absolute atomic E-state index is 0. The van der Waals surface area contributed by atoms with Crippen molar-refractivity contribution in [2.45, 2.75) is 6.10 Å². The quantitative estimate of drug-likeness (QED) is 0.0558. The number of ether oxygens (including phenoxy) is 1. The zero-order valence-electron chi connectivity index (χ0n) is 21.0. The van der Waals surface area contributed by atoms with E-state index in [1.807, 2.05) is 0 Å². The third-order valence-electron chi connectivity index (χ3n) is 5.53. The molecule has 0 atom stereocenters. The zero-order chi connectivity index (χ0) is 29.2. The molecule has 0 saturated heterocycles. The molecule has 0 aromatic heterocycles. The number of halogens is 4. The summed E-state index contributed by atoms with van der Waals surface area (Å²) >= 11 is 0. The van der Waals surface area contributed by atoms with Crippen LogP contribution in [0.25, 0.3) is 22.3 Å². The molecule has 8 nitrogen and oxygen atoms in total. The summed E-state index contributed by atoms with van der Waals surface area (Å²) in [5.41, 5.74) is 0.855. The Bertz CT molecular complexity index is 1380. The molecule has 0 unspecified atom stereocenters. The van der Waals surface area contributed by atoms with Gasteiger partial charge in [-0.05, 0) is 40.8 Å². The van der Waals surface area contributed by atoms with Crippen LogP contribution in [0.3, 0.4) is 0 Å². The summed E-state index contributed by atoms with van der Waals surface area (Å²) in [6.45, 7) is -2.47. The van der Waals surface area contributed by atoms with Crippen molar-refractivity contribution in [3.05, 3.63) is 141 Å². The smallest absolute Gasteiger partial charge is 0.276 e. The van der Waals surface area contributed by atoms with Gasteiger partial charge in [-0.3, -0.25) is 20.2 Å². The number of aldehydes is 1. The van der Waals surface area contributed by atoms with Crippen LogP contribution in [0.15, 0.2) is 97.1 Å². The molecule has 0 spiro atoms. The third kappa shape index (κ3) is 7.94. The molecule has 0 aliphatic carbocycles. The second-order valence-electron chi connectivity index (χ2n) is 7.92. The molecule has 0 radical (unpaired) electrons. The van der Waals surface area contributed by atoms with Crippen molar-refractivity contribution in [2.24, 2.45) is 0 Å². The second kappa shape index (κ2) is 14.2. The summed E-state index contributed by atoms with van der Waals surface area (Å²) in [7, 11) is 0. The van der Waals surface area contributed by atoms with Gasteiger partial charge in [0.2, 0.25) is 0 Å². The molecule has 0 aliphatic rings. The third-order valence-corrected chi connectivity index (χ3v) is 5.53. The summed E-state index contributed by atoms with van der Waals surface area (Å²) in [5.74, 6) is 0. The fourth-order valence-electron chi connectivity index (χ4n) is 3.85. The predicted molar refractivity (Wildman–Crippen MR) is 137 cm³/mol. The molecule has 0 fully saturated rings. The fraction of sp³-hybridized carbons (Fsp3) is 0.0357. The minimum atomic E-state index is -2.47. The molecule has 0 bridgehead atoms. The number of benzene rings is 4. The zero-order valence-corrected chi connectivity index (χ0v) is 27.4. The van der Waals surface area contributed by atoms with Gasteiger partial charge in [-0.25, -0.2) is 0 Å². The van der Waals surface area contributed by atoms with Gasteiger partial charge in [-0.1, -0.05) is 72.8 Å². The van der Waals surface area contributed by atoms with E-state index >= 15 is 0 Å². The Kier molecular flexibility index (Phi) is 10.7. The largest absolute Gasteiger partial charge is 0.479 e. The van der Waals surface area contributed by atoms with E-state index in [1.54, 1.807) is 60.7 Å². The van der Waals surface area contributed by atoms with E-state index in [1.165, 1.54) is 36.4 Å². The van der Waals surface area contributed by atoms with E-state index in [0.717, 1.165) is 0 Å². The van der Waals surface area contributed by atoms with E-state index in [2.05, 4.69) is 4.74 Å². The van der Waals surface area contributed by atoms with Crippen LogP contribution in [0.1, 0.15) is 17.2 Å². The number of hydrogen-bond donors (Lipinski definition) is 0. The maximum Gasteiger partial charge on any atom is 0.276 e. The van der Waals surface area contributed by atoms with Crippen LogP contribution in [0.4, 0.5) is 28.9 Å². The Morgan fingerprint density at radius 2 is 1.02 bits per heavy atom. The number of hydrogen-bond acceptors (Lipinski definition) is 6. The number of nitro benzene ring substituents is 2. The van der Waals surface area contributed by atoms with Crippen LogP contribution in [-0.4, -0.2) is 16.1 Å². The molecule has 0 saturated carbocycles. The summed E-state index contributed by atoms with van der Waals surface area (Å²) in [6, 6.07) is 25.7. The summed E-state index contributed by atoms with van der Waals surface area (Å²) in [5, 5.41) is 23.8. The molecule has 4 rings (SSSR count). The molecule has 41 heavy (non-hydrogen) atoms. The number of carbonyl (C=O) groups is 1. The summed E-state index contributed by atoms with van der Waals surface area (Å²) < 4.78 is 52.0. The second-order valence-corrected chi connectivity index (χ2v) is 7.92. The predicted octanol–water partition coefficient (Wildman–Crippen LogP) is 7.94. The average Bonchev–Trinajstić information content (AvgIpc) is 2.96. The van der Waals surface area contributed by atoms with Crippen molar-refractivity contribution in [1.29, 1.82) is 0 Å². The van der Waals surface area contributed by atoms with Gasteiger partial charge in [-0.15, -0.1) is 0 Å². The Balaban J connectivity index is 0.000000902. The van der Waals surface area contributed by atoms with Crippen LogP contribution in [-0.2, 0) is 9.53 Å². The summed E-state index contributed by atoms with van der Waals surface area (Å²) in [4.78, 5) is 31.1. The first kappa shape index (κ1) is 31.1. The SMILES string of the molecule is O=C[C-](F)F.O=[N+]([O-])c1cc(-c2ccccc2)ccc1C(O[C-](F)F)c1ccc(-c2ccccc2)cc1[N+](=O)[O-].[Rf]. The monoisotopic (exact) mass is 821 g/mol. The Morgan fingerprint density at radius 1 is 0.659 bits per heavy atom. The van der Waals surface area contributed by atoms with Crippen molar-refractivity contribution in [3.8, 4) is 22.3 Å². The fourth-order valence-corrected chi connectivity index (χ4v) is 3.85. The normalized spacial score (nSPS) is 10.3. The Morgan fingerprint density at radius 3 is 1.32 bits per heavy atom. The molecular formula is C28H18F4N2O6Rf-2. The van der Waals surface area contributed by atoms with Crippen LogP contribution in [0.2, 0.25) is 0 Å². The van der Waals surface area contributed by atoms with Crippen LogP contribution < -0.4 is 0 Å². The van der Waals surface area contributed by atoms with Gasteiger partial charge in [0, 0.05) is 18.4 Å². The first-order valence-electron chi connectivity index (χ1n) is 11.3. The van der Waals surface area contributed by atoms with Gasteiger partial charge in [0.1, 0.15) is 6.61 Å². The van der Waals surface area contributed by atoms with Gasteiger partial charge < -0.3 is 27.1 Å².